The minimum Gasteiger partial charge on any atom is -0.462 e. The van der Waals surface area contributed by atoms with Crippen molar-refractivity contribution in [2.75, 3.05) is 6.61 Å². The molecule has 0 bridgehead atoms. The van der Waals surface area contributed by atoms with Gasteiger partial charge in [0.2, 0.25) is 0 Å². The van der Waals surface area contributed by atoms with Gasteiger partial charge in [0.1, 0.15) is 0 Å². The highest BCUT2D eigenvalue weighted by Crippen LogP contribution is 2.18. The van der Waals surface area contributed by atoms with E-state index in [9.17, 15) is 4.79 Å². The van der Waals surface area contributed by atoms with E-state index in [1.165, 1.54) is 0 Å². The first-order chi connectivity index (χ1) is 8.08. The summed E-state index contributed by atoms with van der Waals surface area (Å²) in [5.41, 5.74) is 0.629. The summed E-state index contributed by atoms with van der Waals surface area (Å²) in [6, 6.07) is 0. The molecular weight excluding hydrogens is 212 g/mol. The predicted molar refractivity (Wildman–Crippen MR) is 72.9 cm³/mol. The molecule has 0 aromatic heterocycles. The van der Waals surface area contributed by atoms with E-state index in [-0.39, 0.29) is 5.97 Å². The summed E-state index contributed by atoms with van der Waals surface area (Å²) in [5.74, 6) is 0.840. The second kappa shape index (κ2) is 9.26. The highest BCUT2D eigenvalue weighted by atomic mass is 16.5. The highest BCUT2D eigenvalue weighted by Gasteiger charge is 2.14. The third-order valence-electron chi connectivity index (χ3n) is 3.58. The second-order valence-corrected chi connectivity index (χ2v) is 4.77. The number of hydrogen-bond acceptors (Lipinski definition) is 2. The third kappa shape index (κ3) is 6.50. The van der Waals surface area contributed by atoms with Crippen molar-refractivity contribution in [1.29, 1.82) is 0 Å². The smallest absolute Gasteiger partial charge is 0.333 e. The van der Waals surface area contributed by atoms with Gasteiger partial charge in [0, 0.05) is 5.57 Å². The van der Waals surface area contributed by atoms with E-state index in [0.29, 0.717) is 24.0 Å². The highest BCUT2D eigenvalue weighted by molar-refractivity contribution is 5.87. The molecular formula is C15H28O2. The Kier molecular flexibility index (Phi) is 8.83. The maximum absolute atomic E-state index is 11.7. The summed E-state index contributed by atoms with van der Waals surface area (Å²) in [6.45, 7) is 12.9. The van der Waals surface area contributed by atoms with Crippen LogP contribution >= 0.6 is 0 Å². The topological polar surface area (TPSA) is 26.3 Å². The lowest BCUT2D eigenvalue weighted by atomic mass is 9.95. The van der Waals surface area contributed by atoms with Gasteiger partial charge < -0.3 is 4.74 Å². The molecule has 17 heavy (non-hydrogen) atoms. The summed E-state index contributed by atoms with van der Waals surface area (Å²) in [5, 5.41) is 0. The van der Waals surface area contributed by atoms with Crippen molar-refractivity contribution in [2.45, 2.75) is 59.8 Å². The molecule has 0 heterocycles. The SMILES string of the molecule is C=C(CC(CC)CC)C(=O)OCC(CC)CC. The van der Waals surface area contributed by atoms with Gasteiger partial charge in [0.05, 0.1) is 6.61 Å². The van der Waals surface area contributed by atoms with E-state index < -0.39 is 0 Å². The van der Waals surface area contributed by atoms with Gasteiger partial charge >= 0.3 is 5.97 Å². The summed E-state index contributed by atoms with van der Waals surface area (Å²) in [7, 11) is 0. The fourth-order valence-electron chi connectivity index (χ4n) is 1.83. The van der Waals surface area contributed by atoms with Crippen LogP contribution in [0.4, 0.5) is 0 Å². The lowest BCUT2D eigenvalue weighted by Crippen LogP contribution is -2.15. The zero-order valence-electron chi connectivity index (χ0n) is 11.9. The summed E-state index contributed by atoms with van der Waals surface area (Å²) in [4.78, 5) is 11.7. The molecule has 0 aliphatic heterocycles. The summed E-state index contributed by atoms with van der Waals surface area (Å²) in [6.07, 6.45) is 5.07. The molecule has 0 aliphatic rings. The van der Waals surface area contributed by atoms with Crippen molar-refractivity contribution in [3.8, 4) is 0 Å². The van der Waals surface area contributed by atoms with Crippen LogP contribution in [-0.2, 0) is 9.53 Å². The molecule has 0 fully saturated rings. The van der Waals surface area contributed by atoms with E-state index >= 15 is 0 Å². The van der Waals surface area contributed by atoms with Crippen LogP contribution in [0.3, 0.4) is 0 Å². The van der Waals surface area contributed by atoms with Crippen LogP contribution < -0.4 is 0 Å². The van der Waals surface area contributed by atoms with Crippen LogP contribution in [0.15, 0.2) is 12.2 Å². The molecule has 100 valence electrons. The van der Waals surface area contributed by atoms with E-state index in [1.807, 2.05) is 0 Å². The molecule has 2 heteroatoms. The molecule has 0 saturated heterocycles. The quantitative estimate of drug-likeness (QED) is 0.442. The lowest BCUT2D eigenvalue weighted by molar-refractivity contribution is -0.140. The monoisotopic (exact) mass is 240 g/mol. The maximum atomic E-state index is 11.7. The molecule has 0 aromatic carbocycles. The van der Waals surface area contributed by atoms with E-state index in [1.54, 1.807) is 0 Å². The van der Waals surface area contributed by atoms with Crippen LogP contribution in [0.1, 0.15) is 59.8 Å². The van der Waals surface area contributed by atoms with Gasteiger partial charge in [0.15, 0.2) is 0 Å². The van der Waals surface area contributed by atoms with Crippen molar-refractivity contribution in [1.82, 2.24) is 0 Å². The van der Waals surface area contributed by atoms with E-state index in [0.717, 1.165) is 32.1 Å². The molecule has 0 amide bonds. The molecule has 0 unspecified atom stereocenters. The van der Waals surface area contributed by atoms with Crippen LogP contribution in [0.2, 0.25) is 0 Å². The third-order valence-corrected chi connectivity index (χ3v) is 3.58. The van der Waals surface area contributed by atoms with Crippen molar-refractivity contribution in [2.24, 2.45) is 11.8 Å². The fourth-order valence-corrected chi connectivity index (χ4v) is 1.83. The van der Waals surface area contributed by atoms with Crippen LogP contribution in [0.5, 0.6) is 0 Å². The Hall–Kier alpha value is -0.790. The maximum Gasteiger partial charge on any atom is 0.333 e. The van der Waals surface area contributed by atoms with Crippen molar-refractivity contribution < 1.29 is 9.53 Å². The number of ether oxygens (including phenoxy) is 1. The molecule has 0 N–H and O–H groups in total. The minimum absolute atomic E-state index is 0.205. The Labute approximate surface area is 106 Å². The van der Waals surface area contributed by atoms with Gasteiger partial charge in [-0.15, -0.1) is 0 Å². The summed E-state index contributed by atoms with van der Waals surface area (Å²) >= 11 is 0. The van der Waals surface area contributed by atoms with Crippen molar-refractivity contribution in [3.63, 3.8) is 0 Å². The largest absolute Gasteiger partial charge is 0.462 e. The Bertz CT molecular complexity index is 225. The average molecular weight is 240 g/mol. The zero-order chi connectivity index (χ0) is 13.3. The zero-order valence-corrected chi connectivity index (χ0v) is 11.9. The number of carbonyl (C=O) groups excluding carboxylic acids is 1. The van der Waals surface area contributed by atoms with E-state index in [2.05, 4.69) is 34.3 Å². The molecule has 0 aromatic rings. The molecule has 0 aliphatic carbocycles. The van der Waals surface area contributed by atoms with Gasteiger partial charge in [-0.05, 0) is 18.3 Å². The van der Waals surface area contributed by atoms with Gasteiger partial charge in [-0.2, -0.15) is 0 Å². The molecule has 0 spiro atoms. The van der Waals surface area contributed by atoms with Gasteiger partial charge in [0.25, 0.3) is 0 Å². The number of esters is 1. The number of carbonyl (C=O) groups is 1. The first-order valence-electron chi connectivity index (χ1n) is 6.93. The van der Waals surface area contributed by atoms with Crippen LogP contribution in [0.25, 0.3) is 0 Å². The first kappa shape index (κ1) is 16.2. The Morgan fingerprint density at radius 1 is 1.00 bits per heavy atom. The van der Waals surface area contributed by atoms with Crippen LogP contribution in [-0.4, -0.2) is 12.6 Å². The molecule has 0 saturated carbocycles. The van der Waals surface area contributed by atoms with Gasteiger partial charge in [-0.1, -0.05) is 60.0 Å². The molecule has 0 atom stereocenters. The standard InChI is InChI=1S/C15H28O2/c1-6-13(7-2)10-12(5)15(16)17-11-14(8-3)9-4/h13-14H,5-11H2,1-4H3. The average Bonchev–Trinajstić information content (AvgIpc) is 2.36. The van der Waals surface area contributed by atoms with Crippen LogP contribution in [0, 0.1) is 11.8 Å². The van der Waals surface area contributed by atoms with Gasteiger partial charge in [-0.25, -0.2) is 4.79 Å². The Morgan fingerprint density at radius 2 is 1.47 bits per heavy atom. The Balaban J connectivity index is 4.01. The Morgan fingerprint density at radius 3 is 1.88 bits per heavy atom. The normalized spacial score (nSPS) is 10.9. The molecule has 0 radical (unpaired) electrons. The first-order valence-corrected chi connectivity index (χ1v) is 6.93. The van der Waals surface area contributed by atoms with Gasteiger partial charge in [-0.3, -0.25) is 0 Å². The van der Waals surface area contributed by atoms with Crippen molar-refractivity contribution in [3.05, 3.63) is 12.2 Å². The number of rotatable bonds is 9. The molecule has 2 nitrogen and oxygen atoms in total. The fraction of sp³-hybridized carbons (Fsp3) is 0.800. The minimum atomic E-state index is -0.205. The van der Waals surface area contributed by atoms with E-state index in [4.69, 9.17) is 4.74 Å². The second-order valence-electron chi connectivity index (χ2n) is 4.77. The predicted octanol–water partition coefficient (Wildman–Crippen LogP) is 4.35. The molecule has 0 rings (SSSR count). The lowest BCUT2D eigenvalue weighted by Gasteiger charge is -2.16. The summed E-state index contributed by atoms with van der Waals surface area (Å²) < 4.78 is 5.30. The van der Waals surface area contributed by atoms with Crippen molar-refractivity contribution >= 4 is 5.97 Å². The number of hydrogen-bond donors (Lipinski definition) is 0.